The number of hydrogen-bond donors (Lipinski definition) is 1. The van der Waals surface area contributed by atoms with Crippen LogP contribution >= 0.6 is 11.8 Å². The van der Waals surface area contributed by atoms with Gasteiger partial charge < -0.3 is 19.6 Å². The Kier molecular flexibility index (Phi) is 7.48. The minimum atomic E-state index is -0.648. The number of esters is 1. The maximum Gasteiger partial charge on any atom is 0.311 e. The average Bonchev–Trinajstić information content (AvgIpc) is 3.40. The van der Waals surface area contributed by atoms with Crippen LogP contribution < -0.4 is 0 Å². The van der Waals surface area contributed by atoms with E-state index in [1.165, 1.54) is 12.5 Å². The normalized spacial score (nSPS) is 34.7. The van der Waals surface area contributed by atoms with Crippen LogP contribution in [0.15, 0.2) is 25.3 Å². The van der Waals surface area contributed by atoms with Gasteiger partial charge in [0.1, 0.15) is 12.6 Å². The molecule has 4 aliphatic rings. The van der Waals surface area contributed by atoms with Gasteiger partial charge in [-0.1, -0.05) is 38.0 Å². The van der Waals surface area contributed by atoms with Gasteiger partial charge in [-0.05, 0) is 39.0 Å². The van der Waals surface area contributed by atoms with Gasteiger partial charge in [0.05, 0.1) is 16.6 Å². The van der Waals surface area contributed by atoms with Crippen molar-refractivity contribution in [2.75, 3.05) is 26.3 Å². The fraction of sp³-hybridized carbons (Fsp3) is 0.731. The van der Waals surface area contributed by atoms with Gasteiger partial charge in [0.2, 0.25) is 11.8 Å². The third kappa shape index (κ3) is 4.00. The number of hydrogen-bond acceptors (Lipinski definition) is 6. The zero-order valence-electron chi connectivity index (χ0n) is 20.2. The fourth-order valence-corrected chi connectivity index (χ4v) is 9.22. The maximum atomic E-state index is 14.3. The first-order valence-corrected chi connectivity index (χ1v) is 13.5. The zero-order valence-corrected chi connectivity index (χ0v) is 21.1. The van der Waals surface area contributed by atoms with E-state index in [1.807, 2.05) is 11.8 Å². The average molecular weight is 491 g/mol. The summed E-state index contributed by atoms with van der Waals surface area (Å²) in [4.78, 5) is 45.0. The van der Waals surface area contributed by atoms with Crippen LogP contribution in [-0.4, -0.2) is 80.6 Å². The molecule has 0 radical (unpaired) electrons. The van der Waals surface area contributed by atoms with Gasteiger partial charge in [0.15, 0.2) is 0 Å². The van der Waals surface area contributed by atoms with Crippen LogP contribution in [0.2, 0.25) is 0 Å². The van der Waals surface area contributed by atoms with E-state index in [0.717, 1.165) is 32.1 Å². The lowest BCUT2D eigenvalue weighted by molar-refractivity contribution is -0.154. The number of carbonyl (C=O) groups excluding carboxylic acids is 3. The molecule has 8 heteroatoms. The monoisotopic (exact) mass is 490 g/mol. The lowest BCUT2D eigenvalue weighted by Gasteiger charge is -2.41. The summed E-state index contributed by atoms with van der Waals surface area (Å²) < 4.78 is 4.37. The van der Waals surface area contributed by atoms with Crippen molar-refractivity contribution < 1.29 is 24.2 Å². The second kappa shape index (κ2) is 10.1. The number of thioether (sulfide) groups is 1. The Morgan fingerprint density at radius 3 is 2.62 bits per heavy atom. The van der Waals surface area contributed by atoms with Crippen molar-refractivity contribution in [1.82, 2.24) is 9.80 Å². The molecule has 2 unspecified atom stereocenters. The number of carbonyl (C=O) groups is 3. The second-order valence-electron chi connectivity index (χ2n) is 10.3. The van der Waals surface area contributed by atoms with Crippen LogP contribution in [0.25, 0.3) is 0 Å². The summed E-state index contributed by atoms with van der Waals surface area (Å²) in [6, 6.07) is -0.487. The molecule has 0 aromatic heterocycles. The highest BCUT2D eigenvalue weighted by Gasteiger charge is 2.77. The number of rotatable bonds is 10. The summed E-state index contributed by atoms with van der Waals surface area (Å²) in [6.07, 6.45) is 10.5. The summed E-state index contributed by atoms with van der Waals surface area (Å²) in [5, 5.41) is 9.51. The molecule has 5 atom stereocenters. The number of ether oxygens (including phenoxy) is 1. The first-order chi connectivity index (χ1) is 16.3. The predicted octanol–water partition coefficient (Wildman–Crippen LogP) is 2.93. The number of amides is 2. The van der Waals surface area contributed by atoms with Crippen molar-refractivity contribution in [1.29, 1.82) is 0 Å². The third-order valence-corrected chi connectivity index (χ3v) is 10.3. The molecule has 3 saturated heterocycles. The smallest absolute Gasteiger partial charge is 0.311 e. The highest BCUT2D eigenvalue weighted by atomic mass is 32.2. The number of aliphatic hydroxyl groups is 1. The standard InChI is InChI=1S/C26H38N2O5S/c1-4-14-27(18-10-7-6-8-11-18)23(31)21-26-13-12-25(3,34-26)20(24(32)33-17-5-2)19(26)22(30)28(21)15-9-16-29/h4-5,18-21,29H,1-2,6-17H2,3H3/t19-,20-,21?,25+,26?/m0/s1. The molecule has 1 spiro atoms. The molecule has 2 bridgehead atoms. The fourth-order valence-electron chi connectivity index (χ4n) is 6.88. The van der Waals surface area contributed by atoms with E-state index >= 15 is 0 Å². The highest BCUT2D eigenvalue weighted by molar-refractivity contribution is 8.02. The Bertz CT molecular complexity index is 843. The van der Waals surface area contributed by atoms with Crippen LogP contribution in [0.3, 0.4) is 0 Å². The van der Waals surface area contributed by atoms with E-state index in [0.29, 0.717) is 25.9 Å². The Morgan fingerprint density at radius 1 is 1.24 bits per heavy atom. The quantitative estimate of drug-likeness (QED) is 0.374. The molecule has 3 heterocycles. The van der Waals surface area contributed by atoms with Crippen LogP contribution in [0, 0.1) is 11.8 Å². The summed E-state index contributed by atoms with van der Waals surface area (Å²) in [6.45, 7) is 10.4. The van der Waals surface area contributed by atoms with E-state index in [2.05, 4.69) is 13.2 Å². The van der Waals surface area contributed by atoms with Gasteiger partial charge in [-0.25, -0.2) is 0 Å². The van der Waals surface area contributed by atoms with Crippen molar-refractivity contribution in [2.45, 2.75) is 79.9 Å². The van der Waals surface area contributed by atoms with Crippen LogP contribution in [0.1, 0.15) is 58.3 Å². The molecule has 1 saturated carbocycles. The largest absolute Gasteiger partial charge is 0.461 e. The van der Waals surface area contributed by atoms with Crippen molar-refractivity contribution >= 4 is 29.5 Å². The molecule has 4 fully saturated rings. The summed E-state index contributed by atoms with van der Waals surface area (Å²) in [7, 11) is 0. The molecule has 188 valence electrons. The first kappa shape index (κ1) is 25.3. The van der Waals surface area contributed by atoms with Crippen LogP contribution in [-0.2, 0) is 19.1 Å². The molecular weight excluding hydrogens is 452 g/mol. The molecule has 0 aromatic carbocycles. The van der Waals surface area contributed by atoms with Crippen molar-refractivity contribution in [2.24, 2.45) is 11.8 Å². The number of nitrogens with zero attached hydrogens (tertiary/aromatic N) is 2. The molecule has 7 nitrogen and oxygen atoms in total. The molecule has 2 amide bonds. The van der Waals surface area contributed by atoms with Gasteiger partial charge in [-0.15, -0.1) is 18.3 Å². The molecule has 34 heavy (non-hydrogen) atoms. The van der Waals surface area contributed by atoms with Gasteiger partial charge in [-0.2, -0.15) is 0 Å². The number of likely N-dealkylation sites (tertiary alicyclic amines) is 1. The summed E-state index contributed by atoms with van der Waals surface area (Å²) >= 11 is 1.66. The van der Waals surface area contributed by atoms with Crippen molar-refractivity contribution in [3.63, 3.8) is 0 Å². The predicted molar refractivity (Wildman–Crippen MR) is 132 cm³/mol. The number of fused-ring (bicyclic) bond motifs is 1. The Labute approximate surface area is 206 Å². The van der Waals surface area contributed by atoms with Crippen LogP contribution in [0.4, 0.5) is 0 Å². The highest BCUT2D eigenvalue weighted by Crippen LogP contribution is 2.71. The molecule has 1 N–H and O–H groups in total. The first-order valence-electron chi connectivity index (χ1n) is 12.6. The SMILES string of the molecule is C=CCOC(=O)[C@@H]1[C@H]2C(=O)N(CCCO)C(C(=O)N(CC=C)C3CCCCC3)C23CC[C@@]1(C)S3. The Hall–Kier alpha value is -1.80. The zero-order chi connectivity index (χ0) is 24.5. The molecule has 4 rings (SSSR count). The van der Waals surface area contributed by atoms with E-state index < -0.39 is 27.4 Å². The molecule has 0 aromatic rings. The van der Waals surface area contributed by atoms with Gasteiger partial charge in [-0.3, -0.25) is 14.4 Å². The lowest BCUT2D eigenvalue weighted by Crippen LogP contribution is -2.57. The topological polar surface area (TPSA) is 87.1 Å². The minimum Gasteiger partial charge on any atom is -0.461 e. The van der Waals surface area contributed by atoms with Gasteiger partial charge in [0.25, 0.3) is 0 Å². The van der Waals surface area contributed by atoms with E-state index in [1.54, 1.807) is 22.7 Å². The minimum absolute atomic E-state index is 0.0301. The molecule has 3 aliphatic heterocycles. The van der Waals surface area contributed by atoms with Crippen LogP contribution in [0.5, 0.6) is 0 Å². The van der Waals surface area contributed by atoms with E-state index in [9.17, 15) is 19.5 Å². The maximum absolute atomic E-state index is 14.3. The van der Waals surface area contributed by atoms with Gasteiger partial charge >= 0.3 is 5.97 Å². The van der Waals surface area contributed by atoms with E-state index in [-0.39, 0.29) is 37.0 Å². The summed E-state index contributed by atoms with van der Waals surface area (Å²) in [5.74, 6) is -1.73. The summed E-state index contributed by atoms with van der Waals surface area (Å²) in [5.41, 5.74) is 0. The van der Waals surface area contributed by atoms with Gasteiger partial charge in [0, 0.05) is 30.5 Å². The second-order valence-corrected chi connectivity index (χ2v) is 12.2. The van der Waals surface area contributed by atoms with E-state index in [4.69, 9.17) is 4.74 Å². The van der Waals surface area contributed by atoms with Crippen molar-refractivity contribution in [3.8, 4) is 0 Å². The number of aliphatic hydroxyl groups excluding tert-OH is 1. The Balaban J connectivity index is 1.72. The Morgan fingerprint density at radius 2 is 1.97 bits per heavy atom. The molecule has 1 aliphatic carbocycles. The third-order valence-electron chi connectivity index (χ3n) is 8.29. The molecular formula is C26H38N2O5S. The lowest BCUT2D eigenvalue weighted by atomic mass is 9.66. The van der Waals surface area contributed by atoms with Crippen molar-refractivity contribution in [3.05, 3.63) is 25.3 Å².